The van der Waals surface area contributed by atoms with Crippen LogP contribution in [0.2, 0.25) is 0 Å². The minimum atomic E-state index is -4.86. The summed E-state index contributed by atoms with van der Waals surface area (Å²) >= 11 is 0. The number of carbonyl (C=O) groups excluding carboxylic acids is 1. The van der Waals surface area contributed by atoms with Crippen molar-refractivity contribution in [2.75, 3.05) is 16.1 Å². The fraction of sp³-hybridized carbons (Fsp3) is 0.500. The van der Waals surface area contributed by atoms with E-state index in [0.717, 1.165) is 31.2 Å². The number of aromatic nitrogens is 1. The van der Waals surface area contributed by atoms with Crippen LogP contribution in [0.1, 0.15) is 44.1 Å². The maximum absolute atomic E-state index is 13.9. The highest BCUT2D eigenvalue weighted by Gasteiger charge is 2.47. The van der Waals surface area contributed by atoms with Gasteiger partial charge in [-0.05, 0) is 68.9 Å². The van der Waals surface area contributed by atoms with E-state index >= 15 is 0 Å². The van der Waals surface area contributed by atoms with Crippen molar-refractivity contribution in [3.8, 4) is 0 Å². The van der Waals surface area contributed by atoms with Crippen molar-refractivity contribution in [3.63, 3.8) is 0 Å². The molecule has 0 spiro atoms. The Bertz CT molecular complexity index is 1230. The second kappa shape index (κ2) is 8.46. The van der Waals surface area contributed by atoms with Crippen LogP contribution in [0.3, 0.4) is 0 Å². The van der Waals surface area contributed by atoms with Crippen LogP contribution in [0.15, 0.2) is 41.4 Å². The van der Waals surface area contributed by atoms with Crippen LogP contribution in [-0.2, 0) is 20.8 Å². The average Bonchev–Trinajstić information content (AvgIpc) is 3.59. The summed E-state index contributed by atoms with van der Waals surface area (Å²) in [5.41, 5.74) is -1.30. The van der Waals surface area contributed by atoms with Crippen molar-refractivity contribution in [2.45, 2.75) is 67.7 Å². The zero-order valence-electron chi connectivity index (χ0n) is 19.0. The lowest BCUT2D eigenvalue weighted by molar-refractivity contribution is -0.140. The molecule has 1 aliphatic carbocycles. The molecule has 6 nitrogen and oxygen atoms in total. The van der Waals surface area contributed by atoms with Gasteiger partial charge in [0.25, 0.3) is 0 Å². The van der Waals surface area contributed by atoms with E-state index in [2.05, 4.69) is 9.88 Å². The first kappa shape index (κ1) is 24.0. The number of carbonyl (C=O) groups is 1. The minimum absolute atomic E-state index is 0.00683. The molecule has 0 N–H and O–H groups in total. The Labute approximate surface area is 200 Å². The number of alkyl halides is 3. The third kappa shape index (κ3) is 4.62. The van der Waals surface area contributed by atoms with E-state index < -0.39 is 27.4 Å². The molecule has 2 atom stereocenters. The highest BCUT2D eigenvalue weighted by Crippen LogP contribution is 2.44. The first-order valence-electron chi connectivity index (χ1n) is 11.6. The van der Waals surface area contributed by atoms with Gasteiger partial charge in [0.1, 0.15) is 11.6 Å². The molecule has 1 saturated carbocycles. The van der Waals surface area contributed by atoms with Crippen LogP contribution in [0.5, 0.6) is 0 Å². The smallest absolute Gasteiger partial charge is 0.350 e. The first-order chi connectivity index (χ1) is 16.4. The molecule has 2 aliphatic heterocycles. The van der Waals surface area contributed by atoms with E-state index in [9.17, 15) is 30.8 Å². The van der Waals surface area contributed by atoms with E-state index in [0.29, 0.717) is 31.5 Å². The Balaban J connectivity index is 1.44. The van der Waals surface area contributed by atoms with Crippen LogP contribution in [0, 0.1) is 11.7 Å². The van der Waals surface area contributed by atoms with Gasteiger partial charge in [0, 0.05) is 42.2 Å². The number of fused-ring (bicyclic) bond motifs is 2. The molecule has 1 amide bonds. The van der Waals surface area contributed by atoms with Gasteiger partial charge in [-0.2, -0.15) is 13.2 Å². The molecule has 35 heavy (non-hydrogen) atoms. The zero-order valence-corrected chi connectivity index (χ0v) is 19.8. The number of nitrogens with zero attached hydrogens (tertiary/aromatic N) is 3. The summed E-state index contributed by atoms with van der Waals surface area (Å²) in [5, 5.41) is 0. The molecule has 1 aromatic carbocycles. The Morgan fingerprint density at radius 3 is 2.23 bits per heavy atom. The minimum Gasteiger partial charge on any atom is -0.350 e. The number of hydrogen-bond acceptors (Lipinski definition) is 5. The SMILES string of the molecule is CS(=O)(=O)c1ccc(N2C3CCC2CC(N(C(=O)C2CC2)c2ccc(F)c(C(F)(F)F)c2)C3)nc1. The predicted molar refractivity (Wildman–Crippen MR) is 121 cm³/mol. The van der Waals surface area contributed by atoms with Crippen molar-refractivity contribution in [1.82, 2.24) is 4.98 Å². The van der Waals surface area contributed by atoms with Crippen LogP contribution in [0.25, 0.3) is 0 Å². The Kier molecular flexibility index (Phi) is 5.81. The number of rotatable bonds is 5. The molecule has 2 aromatic rings. The normalized spacial score (nSPS) is 24.5. The summed E-state index contributed by atoms with van der Waals surface area (Å²) in [5.74, 6) is -1.14. The van der Waals surface area contributed by atoms with Gasteiger partial charge in [-0.1, -0.05) is 0 Å². The summed E-state index contributed by atoms with van der Waals surface area (Å²) in [6.45, 7) is 0. The molecule has 11 heteroatoms. The van der Waals surface area contributed by atoms with Gasteiger partial charge in [-0.3, -0.25) is 4.79 Å². The second-order valence-electron chi connectivity index (χ2n) is 9.69. The first-order valence-corrected chi connectivity index (χ1v) is 13.5. The molecule has 188 valence electrons. The molecular weight excluding hydrogens is 486 g/mol. The van der Waals surface area contributed by atoms with Gasteiger partial charge in [0.05, 0.1) is 10.5 Å². The molecule has 3 heterocycles. The van der Waals surface area contributed by atoms with Crippen LogP contribution in [0.4, 0.5) is 29.1 Å². The van der Waals surface area contributed by atoms with Crippen molar-refractivity contribution in [3.05, 3.63) is 47.9 Å². The lowest BCUT2D eigenvalue weighted by Gasteiger charge is -2.44. The Morgan fingerprint density at radius 2 is 1.71 bits per heavy atom. The monoisotopic (exact) mass is 511 g/mol. The predicted octanol–water partition coefficient (Wildman–Crippen LogP) is 4.59. The number of anilines is 2. The standard InChI is InChI=1S/C24H25F4N3O3S/c1-35(33,34)19-7-9-22(29-13-19)30-15-4-5-16(30)11-18(10-15)31(23(32)14-2-3-14)17-6-8-21(25)20(12-17)24(26,27)28/h6-9,12-16,18H,2-5,10-11H2,1H3. The van der Waals surface area contributed by atoms with Crippen LogP contribution >= 0.6 is 0 Å². The molecule has 5 rings (SSSR count). The summed E-state index contributed by atoms with van der Waals surface area (Å²) in [7, 11) is -3.37. The Morgan fingerprint density at radius 1 is 1.06 bits per heavy atom. The van der Waals surface area contributed by atoms with Crippen molar-refractivity contribution >= 4 is 27.2 Å². The van der Waals surface area contributed by atoms with E-state index in [1.165, 1.54) is 23.2 Å². The number of hydrogen-bond donors (Lipinski definition) is 0. The van der Waals surface area contributed by atoms with Gasteiger partial charge in [0.15, 0.2) is 9.84 Å². The van der Waals surface area contributed by atoms with E-state index in [-0.39, 0.29) is 40.5 Å². The summed E-state index contributed by atoms with van der Waals surface area (Å²) in [4.78, 5) is 21.3. The molecular formula is C24H25F4N3O3S. The zero-order chi connectivity index (χ0) is 25.1. The molecule has 1 aromatic heterocycles. The highest BCUT2D eigenvalue weighted by atomic mass is 32.2. The van der Waals surface area contributed by atoms with Gasteiger partial charge >= 0.3 is 6.18 Å². The van der Waals surface area contributed by atoms with E-state index in [4.69, 9.17) is 0 Å². The van der Waals surface area contributed by atoms with Gasteiger partial charge < -0.3 is 9.80 Å². The molecule has 2 unspecified atom stereocenters. The summed E-state index contributed by atoms with van der Waals surface area (Å²) in [6.07, 6.45) is 1.71. The third-order valence-corrected chi connectivity index (χ3v) is 8.28. The van der Waals surface area contributed by atoms with Crippen molar-refractivity contribution < 1.29 is 30.8 Å². The maximum Gasteiger partial charge on any atom is 0.419 e. The van der Waals surface area contributed by atoms with Crippen molar-refractivity contribution in [1.29, 1.82) is 0 Å². The Hall–Kier alpha value is -2.69. The third-order valence-electron chi connectivity index (χ3n) is 7.18. The number of sulfone groups is 1. The lowest BCUT2D eigenvalue weighted by Crippen LogP contribution is -2.53. The fourth-order valence-electron chi connectivity index (χ4n) is 5.40. The molecule has 3 fully saturated rings. The van der Waals surface area contributed by atoms with Gasteiger partial charge in [-0.15, -0.1) is 0 Å². The van der Waals surface area contributed by atoms with E-state index in [1.807, 2.05) is 0 Å². The van der Waals surface area contributed by atoms with Crippen molar-refractivity contribution in [2.24, 2.45) is 5.92 Å². The average molecular weight is 512 g/mol. The lowest BCUT2D eigenvalue weighted by atomic mass is 9.94. The molecule has 0 radical (unpaired) electrons. The molecule has 3 aliphatic rings. The molecule has 2 saturated heterocycles. The number of amides is 1. The van der Waals surface area contributed by atoms with E-state index in [1.54, 1.807) is 6.07 Å². The summed E-state index contributed by atoms with van der Waals surface area (Å²) in [6, 6.07) is 5.66. The second-order valence-corrected chi connectivity index (χ2v) is 11.7. The largest absolute Gasteiger partial charge is 0.419 e. The van der Waals surface area contributed by atoms with Gasteiger partial charge in [0.2, 0.25) is 5.91 Å². The highest BCUT2D eigenvalue weighted by molar-refractivity contribution is 7.90. The van der Waals surface area contributed by atoms with Gasteiger partial charge in [-0.25, -0.2) is 17.8 Å². The number of halogens is 4. The number of pyridine rings is 1. The molecule has 2 bridgehead atoms. The number of piperidine rings is 1. The van der Waals surface area contributed by atoms with Crippen LogP contribution in [-0.4, -0.2) is 43.7 Å². The summed E-state index contributed by atoms with van der Waals surface area (Å²) < 4.78 is 77.6. The topological polar surface area (TPSA) is 70.6 Å². The fourth-order valence-corrected chi connectivity index (χ4v) is 5.96. The quantitative estimate of drug-likeness (QED) is 0.550. The van der Waals surface area contributed by atoms with Crippen LogP contribution < -0.4 is 9.80 Å². The maximum atomic E-state index is 13.9. The number of benzene rings is 1.